The van der Waals surface area contributed by atoms with Gasteiger partial charge >= 0.3 is 6.18 Å². The molecular formula is C12H15F4NO. The fourth-order valence-corrected chi connectivity index (χ4v) is 1.49. The maximum Gasteiger partial charge on any atom is 0.389 e. The molecule has 0 atom stereocenters. The highest BCUT2D eigenvalue weighted by Gasteiger charge is 2.26. The van der Waals surface area contributed by atoms with E-state index in [9.17, 15) is 17.6 Å². The second-order valence-corrected chi connectivity index (χ2v) is 3.83. The van der Waals surface area contributed by atoms with Crippen molar-refractivity contribution in [2.75, 3.05) is 13.7 Å². The van der Waals surface area contributed by atoms with Gasteiger partial charge in [-0.3, -0.25) is 0 Å². The molecule has 0 saturated heterocycles. The van der Waals surface area contributed by atoms with Gasteiger partial charge in [0.15, 0.2) is 11.6 Å². The fourth-order valence-electron chi connectivity index (χ4n) is 1.49. The number of nitrogens with one attached hydrogen (secondary N) is 1. The van der Waals surface area contributed by atoms with E-state index in [0.29, 0.717) is 12.1 Å². The first-order chi connectivity index (χ1) is 8.44. The van der Waals surface area contributed by atoms with Gasteiger partial charge in [0.1, 0.15) is 0 Å². The van der Waals surface area contributed by atoms with Gasteiger partial charge in [0.05, 0.1) is 6.61 Å². The first kappa shape index (κ1) is 14.8. The molecule has 1 aromatic carbocycles. The summed E-state index contributed by atoms with van der Waals surface area (Å²) in [6.07, 6.45) is -5.31. The standard InChI is InChI=1S/C12H15F4NO/c1-17-8-9-4-2-5-10(13)11(9)18-7-3-6-12(14,15)16/h2,4-5,17H,3,6-8H2,1H3. The lowest BCUT2D eigenvalue weighted by atomic mass is 10.2. The van der Waals surface area contributed by atoms with Crippen LogP contribution in [0.1, 0.15) is 18.4 Å². The van der Waals surface area contributed by atoms with E-state index in [2.05, 4.69) is 5.32 Å². The average Bonchev–Trinajstić information content (AvgIpc) is 2.26. The summed E-state index contributed by atoms with van der Waals surface area (Å²) in [7, 11) is 1.69. The topological polar surface area (TPSA) is 21.3 Å². The van der Waals surface area contributed by atoms with Crippen molar-refractivity contribution in [3.05, 3.63) is 29.6 Å². The van der Waals surface area contributed by atoms with E-state index >= 15 is 0 Å². The highest BCUT2D eigenvalue weighted by Crippen LogP contribution is 2.24. The largest absolute Gasteiger partial charge is 0.490 e. The predicted octanol–water partition coefficient (Wildman–Crippen LogP) is 3.27. The Kier molecular flexibility index (Phi) is 5.40. The van der Waals surface area contributed by atoms with Gasteiger partial charge in [-0.05, 0) is 19.5 Å². The Balaban J connectivity index is 2.55. The molecular weight excluding hydrogens is 250 g/mol. The zero-order chi connectivity index (χ0) is 13.6. The van der Waals surface area contributed by atoms with E-state index in [0.717, 1.165) is 0 Å². The smallest absolute Gasteiger partial charge is 0.389 e. The van der Waals surface area contributed by atoms with Crippen LogP contribution in [0.4, 0.5) is 17.6 Å². The summed E-state index contributed by atoms with van der Waals surface area (Å²) in [4.78, 5) is 0. The van der Waals surface area contributed by atoms with Crippen LogP contribution < -0.4 is 10.1 Å². The predicted molar refractivity (Wildman–Crippen MR) is 59.9 cm³/mol. The highest BCUT2D eigenvalue weighted by atomic mass is 19.4. The number of ether oxygens (including phenoxy) is 1. The lowest BCUT2D eigenvalue weighted by Gasteiger charge is -2.12. The first-order valence-corrected chi connectivity index (χ1v) is 5.55. The maximum atomic E-state index is 13.5. The van der Waals surface area contributed by atoms with E-state index < -0.39 is 18.4 Å². The maximum absolute atomic E-state index is 13.5. The van der Waals surface area contributed by atoms with Gasteiger partial charge in [0, 0.05) is 18.5 Å². The SMILES string of the molecule is CNCc1cccc(F)c1OCCCC(F)(F)F. The third-order valence-electron chi connectivity index (χ3n) is 2.27. The van der Waals surface area contributed by atoms with E-state index in [-0.39, 0.29) is 18.8 Å². The molecule has 0 unspecified atom stereocenters. The Morgan fingerprint density at radius 2 is 2.00 bits per heavy atom. The molecule has 0 amide bonds. The van der Waals surface area contributed by atoms with Gasteiger partial charge in [-0.25, -0.2) is 4.39 Å². The molecule has 102 valence electrons. The average molecular weight is 265 g/mol. The molecule has 0 aliphatic carbocycles. The summed E-state index contributed by atoms with van der Waals surface area (Å²) in [6, 6.07) is 4.42. The molecule has 0 radical (unpaired) electrons. The van der Waals surface area contributed by atoms with Crippen LogP contribution in [-0.4, -0.2) is 19.8 Å². The van der Waals surface area contributed by atoms with Crippen LogP contribution in [0.3, 0.4) is 0 Å². The zero-order valence-corrected chi connectivity index (χ0v) is 9.98. The number of benzene rings is 1. The molecule has 0 aromatic heterocycles. The number of para-hydroxylation sites is 1. The van der Waals surface area contributed by atoms with Crippen molar-refractivity contribution in [3.8, 4) is 5.75 Å². The van der Waals surface area contributed by atoms with Crippen molar-refractivity contribution in [1.82, 2.24) is 5.32 Å². The monoisotopic (exact) mass is 265 g/mol. The molecule has 0 fully saturated rings. The van der Waals surface area contributed by atoms with Crippen molar-refractivity contribution in [2.45, 2.75) is 25.6 Å². The molecule has 1 aromatic rings. The van der Waals surface area contributed by atoms with Crippen molar-refractivity contribution in [1.29, 1.82) is 0 Å². The third-order valence-corrected chi connectivity index (χ3v) is 2.27. The molecule has 1 rings (SSSR count). The molecule has 18 heavy (non-hydrogen) atoms. The molecule has 0 heterocycles. The normalized spacial score (nSPS) is 11.6. The van der Waals surface area contributed by atoms with Gasteiger partial charge in [-0.2, -0.15) is 13.2 Å². The van der Waals surface area contributed by atoms with Crippen molar-refractivity contribution < 1.29 is 22.3 Å². The van der Waals surface area contributed by atoms with Crippen LogP contribution in [0.25, 0.3) is 0 Å². The van der Waals surface area contributed by atoms with E-state index in [1.807, 2.05) is 0 Å². The van der Waals surface area contributed by atoms with Crippen LogP contribution in [0.5, 0.6) is 5.75 Å². The van der Waals surface area contributed by atoms with Crippen molar-refractivity contribution in [3.63, 3.8) is 0 Å². The molecule has 0 saturated carbocycles. The third kappa shape index (κ3) is 4.91. The minimum absolute atomic E-state index is 0.0222. The quantitative estimate of drug-likeness (QED) is 0.629. The van der Waals surface area contributed by atoms with Crippen LogP contribution >= 0.6 is 0 Å². The van der Waals surface area contributed by atoms with Crippen LogP contribution in [0.15, 0.2) is 18.2 Å². The highest BCUT2D eigenvalue weighted by molar-refractivity contribution is 5.34. The summed E-state index contributed by atoms with van der Waals surface area (Å²) in [5, 5.41) is 2.84. The molecule has 0 aliphatic rings. The summed E-state index contributed by atoms with van der Waals surface area (Å²) in [5.74, 6) is -0.538. The van der Waals surface area contributed by atoms with Crippen LogP contribution in [-0.2, 0) is 6.54 Å². The van der Waals surface area contributed by atoms with E-state index in [4.69, 9.17) is 4.74 Å². The Hall–Kier alpha value is -1.30. The minimum Gasteiger partial charge on any atom is -0.490 e. The van der Waals surface area contributed by atoms with E-state index in [1.165, 1.54) is 12.1 Å². The molecule has 1 N–H and O–H groups in total. The number of rotatable bonds is 6. The van der Waals surface area contributed by atoms with Crippen LogP contribution in [0, 0.1) is 5.82 Å². The van der Waals surface area contributed by atoms with Gasteiger partial charge in [-0.1, -0.05) is 12.1 Å². The summed E-state index contributed by atoms with van der Waals surface area (Å²) in [5.41, 5.74) is 0.588. The fraction of sp³-hybridized carbons (Fsp3) is 0.500. The molecule has 0 bridgehead atoms. The van der Waals surface area contributed by atoms with E-state index in [1.54, 1.807) is 13.1 Å². The van der Waals surface area contributed by atoms with Gasteiger partial charge in [0.2, 0.25) is 0 Å². The lowest BCUT2D eigenvalue weighted by molar-refractivity contribution is -0.136. The van der Waals surface area contributed by atoms with Gasteiger partial charge < -0.3 is 10.1 Å². The molecule has 6 heteroatoms. The number of hydrogen-bond acceptors (Lipinski definition) is 2. The Labute approximate surface area is 103 Å². The zero-order valence-electron chi connectivity index (χ0n) is 9.98. The minimum atomic E-state index is -4.20. The first-order valence-electron chi connectivity index (χ1n) is 5.55. The van der Waals surface area contributed by atoms with Crippen molar-refractivity contribution in [2.24, 2.45) is 0 Å². The Morgan fingerprint density at radius 1 is 1.28 bits per heavy atom. The summed E-state index contributed by atoms with van der Waals surface area (Å²) < 4.78 is 54.3. The molecule has 0 spiro atoms. The molecule has 0 aliphatic heterocycles. The summed E-state index contributed by atoms with van der Waals surface area (Å²) >= 11 is 0. The Morgan fingerprint density at radius 3 is 2.61 bits per heavy atom. The molecule has 2 nitrogen and oxygen atoms in total. The van der Waals surface area contributed by atoms with Gasteiger partial charge in [-0.15, -0.1) is 0 Å². The van der Waals surface area contributed by atoms with Crippen LogP contribution in [0.2, 0.25) is 0 Å². The van der Waals surface area contributed by atoms with Gasteiger partial charge in [0.25, 0.3) is 0 Å². The second kappa shape index (κ2) is 6.58. The Bertz CT molecular complexity index is 379. The number of alkyl halides is 3. The lowest BCUT2D eigenvalue weighted by Crippen LogP contribution is -2.12. The van der Waals surface area contributed by atoms with Crippen molar-refractivity contribution >= 4 is 0 Å². The summed E-state index contributed by atoms with van der Waals surface area (Å²) in [6.45, 7) is 0.240. The number of hydrogen-bond donors (Lipinski definition) is 1. The second-order valence-electron chi connectivity index (χ2n) is 3.83. The number of halogens is 4.